The summed E-state index contributed by atoms with van der Waals surface area (Å²) in [6.45, 7) is 2.08. The number of benzene rings is 2. The minimum atomic E-state index is -0.964. The van der Waals surface area contributed by atoms with E-state index in [9.17, 15) is 9.90 Å². The molecule has 32 heavy (non-hydrogen) atoms. The number of aliphatic hydroxyl groups is 1. The number of hydrogen-bond acceptors (Lipinski definition) is 4. The van der Waals surface area contributed by atoms with E-state index in [1.54, 1.807) is 6.07 Å². The lowest BCUT2D eigenvalue weighted by Crippen LogP contribution is -2.61. The summed E-state index contributed by atoms with van der Waals surface area (Å²) in [5, 5.41) is 15.9. The van der Waals surface area contributed by atoms with Gasteiger partial charge in [0.05, 0.1) is 16.7 Å². The van der Waals surface area contributed by atoms with Crippen molar-refractivity contribution >= 4 is 34.8 Å². The molecule has 3 fully saturated rings. The summed E-state index contributed by atoms with van der Waals surface area (Å²) in [7, 11) is 0. The lowest BCUT2D eigenvalue weighted by Gasteiger charge is -2.51. The van der Waals surface area contributed by atoms with Crippen LogP contribution in [0.25, 0.3) is 0 Å². The van der Waals surface area contributed by atoms with Gasteiger partial charge in [-0.25, -0.2) is 0 Å². The first-order chi connectivity index (χ1) is 15.4. The van der Waals surface area contributed by atoms with E-state index in [1.807, 2.05) is 30.3 Å². The lowest BCUT2D eigenvalue weighted by molar-refractivity contribution is -0.127. The first-order valence-electron chi connectivity index (χ1n) is 11.5. The summed E-state index contributed by atoms with van der Waals surface area (Å²) in [6.07, 6.45) is 5.18. The predicted molar refractivity (Wildman–Crippen MR) is 128 cm³/mol. The molecule has 1 spiro atoms. The Hall–Kier alpha value is -1.79. The Bertz CT molecular complexity index is 994. The summed E-state index contributed by atoms with van der Waals surface area (Å²) in [5.74, 6) is 0.115. The van der Waals surface area contributed by atoms with Crippen LogP contribution in [0.15, 0.2) is 48.5 Å². The number of para-hydroxylation sites is 1. The maximum Gasteiger partial charge on any atom is 0.247 e. The van der Waals surface area contributed by atoms with Crippen LogP contribution in [0.3, 0.4) is 0 Å². The van der Waals surface area contributed by atoms with Crippen molar-refractivity contribution in [2.75, 3.05) is 24.7 Å². The van der Waals surface area contributed by atoms with Crippen LogP contribution in [0.4, 0.5) is 5.69 Å². The molecule has 7 heteroatoms. The Balaban J connectivity index is 1.38. The van der Waals surface area contributed by atoms with E-state index < -0.39 is 11.1 Å². The van der Waals surface area contributed by atoms with Crippen LogP contribution in [0.1, 0.15) is 44.1 Å². The molecule has 2 atom stereocenters. The fourth-order valence-electron chi connectivity index (χ4n) is 5.96. The summed E-state index contributed by atoms with van der Waals surface area (Å²) in [4.78, 5) is 17.6. The van der Waals surface area contributed by atoms with E-state index >= 15 is 0 Å². The molecule has 170 valence electrons. The molecule has 5 nitrogen and oxygen atoms in total. The van der Waals surface area contributed by atoms with Crippen molar-refractivity contribution in [3.63, 3.8) is 0 Å². The Morgan fingerprint density at radius 3 is 2.44 bits per heavy atom. The van der Waals surface area contributed by atoms with Crippen molar-refractivity contribution in [3.05, 3.63) is 64.1 Å². The number of carbonyl (C=O) groups is 1. The van der Waals surface area contributed by atoms with Gasteiger partial charge in [0.15, 0.2) is 0 Å². The van der Waals surface area contributed by atoms with Crippen LogP contribution in [0, 0.1) is 0 Å². The van der Waals surface area contributed by atoms with Gasteiger partial charge in [-0.15, -0.1) is 0 Å². The molecule has 5 rings (SSSR count). The number of halogens is 2. The van der Waals surface area contributed by atoms with Crippen LogP contribution in [0.2, 0.25) is 10.0 Å². The van der Waals surface area contributed by atoms with Crippen LogP contribution >= 0.6 is 23.2 Å². The van der Waals surface area contributed by atoms with Crippen LogP contribution < -0.4 is 10.2 Å². The van der Waals surface area contributed by atoms with E-state index in [1.165, 1.54) is 0 Å². The Morgan fingerprint density at radius 2 is 1.72 bits per heavy atom. The second-order valence-corrected chi connectivity index (χ2v) is 10.1. The molecule has 2 heterocycles. The maximum absolute atomic E-state index is 13.0. The van der Waals surface area contributed by atoms with Gasteiger partial charge in [0.2, 0.25) is 5.91 Å². The van der Waals surface area contributed by atoms with Gasteiger partial charge in [0.25, 0.3) is 0 Å². The van der Waals surface area contributed by atoms with Crippen LogP contribution in [0.5, 0.6) is 0 Å². The normalized spacial score (nSPS) is 28.2. The molecule has 2 N–H and O–H groups in total. The number of anilines is 1. The van der Waals surface area contributed by atoms with Crippen LogP contribution in [-0.2, 0) is 10.4 Å². The molecule has 0 unspecified atom stereocenters. The fourth-order valence-corrected chi connectivity index (χ4v) is 6.26. The molecule has 0 aromatic heterocycles. The van der Waals surface area contributed by atoms with Gasteiger partial charge in [0.1, 0.15) is 11.1 Å². The zero-order valence-electron chi connectivity index (χ0n) is 18.1. The Labute approximate surface area is 199 Å². The van der Waals surface area contributed by atoms with E-state index in [0.717, 1.165) is 56.4 Å². The number of hydrogen-bond donors (Lipinski definition) is 2. The predicted octanol–water partition coefficient (Wildman–Crippen LogP) is 4.55. The van der Waals surface area contributed by atoms with Gasteiger partial charge in [-0.3, -0.25) is 9.69 Å². The standard InChI is InChI=1S/C25H29Cl2N3O2/c26-20-10-9-18(16-21(20)27)25(32)11-5-4-8-22(25)29-14-12-24(13-15-29)23(31)28-17-30(24)19-6-2-1-3-7-19/h1-3,6-7,9-10,16,22,32H,4-5,8,11-15,17H2,(H,28,31)/t22-,25-/m1/s1. The molecule has 0 radical (unpaired) electrons. The number of piperidine rings is 1. The Morgan fingerprint density at radius 1 is 0.969 bits per heavy atom. The molecule has 1 aliphatic carbocycles. The topological polar surface area (TPSA) is 55.8 Å². The third kappa shape index (κ3) is 3.60. The molecule has 2 aromatic carbocycles. The Kier molecular flexibility index (Phi) is 5.87. The molecule has 0 bridgehead atoms. The van der Waals surface area contributed by atoms with Crippen molar-refractivity contribution in [2.24, 2.45) is 0 Å². The SMILES string of the molecule is O=C1NCN(c2ccccc2)C12CCN([C@@H]1CCCC[C@@]1(O)c1ccc(Cl)c(Cl)c1)CC2. The van der Waals surface area contributed by atoms with Gasteiger partial charge in [-0.1, -0.05) is 60.3 Å². The van der Waals surface area contributed by atoms with E-state index in [0.29, 0.717) is 23.1 Å². The van der Waals surface area contributed by atoms with Gasteiger partial charge in [-0.2, -0.15) is 0 Å². The van der Waals surface area contributed by atoms with Crippen molar-refractivity contribution in [1.29, 1.82) is 0 Å². The first-order valence-corrected chi connectivity index (χ1v) is 12.2. The second-order valence-electron chi connectivity index (χ2n) is 9.31. The average Bonchev–Trinajstić information content (AvgIpc) is 3.12. The highest BCUT2D eigenvalue weighted by molar-refractivity contribution is 6.42. The monoisotopic (exact) mass is 473 g/mol. The number of nitrogens with one attached hydrogen (secondary N) is 1. The smallest absolute Gasteiger partial charge is 0.247 e. The highest BCUT2D eigenvalue weighted by Gasteiger charge is 2.53. The number of nitrogens with zero attached hydrogens (tertiary/aromatic N) is 2. The number of carbonyl (C=O) groups excluding carboxylic acids is 1. The van der Waals surface area contributed by atoms with Crippen LogP contribution in [-0.4, -0.2) is 47.3 Å². The molecule has 1 amide bonds. The highest BCUT2D eigenvalue weighted by Crippen LogP contribution is 2.44. The third-order valence-corrected chi connectivity index (χ3v) is 8.47. The average molecular weight is 474 g/mol. The molecule has 2 aromatic rings. The highest BCUT2D eigenvalue weighted by atomic mass is 35.5. The summed E-state index contributed by atoms with van der Waals surface area (Å²) >= 11 is 12.4. The molecular weight excluding hydrogens is 445 g/mol. The summed E-state index contributed by atoms with van der Waals surface area (Å²) in [5.41, 5.74) is 0.424. The molecule has 2 aliphatic heterocycles. The molecule has 3 aliphatic rings. The van der Waals surface area contributed by atoms with Gasteiger partial charge in [-0.05, 0) is 55.5 Å². The largest absolute Gasteiger partial charge is 0.384 e. The van der Waals surface area contributed by atoms with Gasteiger partial charge >= 0.3 is 0 Å². The number of amides is 1. The van der Waals surface area contributed by atoms with E-state index in [4.69, 9.17) is 23.2 Å². The number of likely N-dealkylation sites (tertiary alicyclic amines) is 1. The maximum atomic E-state index is 13.0. The zero-order valence-corrected chi connectivity index (χ0v) is 19.6. The van der Waals surface area contributed by atoms with Gasteiger partial charge in [0, 0.05) is 24.8 Å². The fraction of sp³-hybridized carbons (Fsp3) is 0.480. The second kappa shape index (κ2) is 8.53. The lowest BCUT2D eigenvalue weighted by atomic mass is 9.73. The number of rotatable bonds is 3. The molecule has 2 saturated heterocycles. The van der Waals surface area contributed by atoms with E-state index in [2.05, 4.69) is 27.2 Å². The first kappa shape index (κ1) is 22.0. The van der Waals surface area contributed by atoms with Gasteiger partial charge < -0.3 is 15.3 Å². The molecule has 1 saturated carbocycles. The quantitative estimate of drug-likeness (QED) is 0.686. The molecular formula is C25H29Cl2N3O2. The van der Waals surface area contributed by atoms with E-state index in [-0.39, 0.29) is 11.9 Å². The van der Waals surface area contributed by atoms with Crippen molar-refractivity contribution < 1.29 is 9.90 Å². The van der Waals surface area contributed by atoms with Crippen molar-refractivity contribution in [2.45, 2.75) is 55.7 Å². The third-order valence-electron chi connectivity index (χ3n) is 7.73. The van der Waals surface area contributed by atoms with Crippen molar-refractivity contribution in [1.82, 2.24) is 10.2 Å². The summed E-state index contributed by atoms with van der Waals surface area (Å²) < 4.78 is 0. The zero-order chi connectivity index (χ0) is 22.3. The summed E-state index contributed by atoms with van der Waals surface area (Å²) in [6, 6.07) is 15.7. The van der Waals surface area contributed by atoms with Crippen molar-refractivity contribution in [3.8, 4) is 0 Å². The minimum Gasteiger partial charge on any atom is -0.384 e. The minimum absolute atomic E-state index is 0.000446.